The second-order valence-corrected chi connectivity index (χ2v) is 5.05. The van der Waals surface area contributed by atoms with Crippen molar-refractivity contribution in [2.75, 3.05) is 5.73 Å². The number of pyridine rings is 1. The van der Waals surface area contributed by atoms with Gasteiger partial charge in [0.15, 0.2) is 5.82 Å². The van der Waals surface area contributed by atoms with Crippen molar-refractivity contribution in [3.63, 3.8) is 0 Å². The fourth-order valence-electron chi connectivity index (χ4n) is 2.30. The van der Waals surface area contributed by atoms with Crippen LogP contribution >= 0.6 is 0 Å². The van der Waals surface area contributed by atoms with Gasteiger partial charge in [-0.1, -0.05) is 18.2 Å². The van der Waals surface area contributed by atoms with E-state index in [1.54, 1.807) is 6.20 Å². The fourth-order valence-corrected chi connectivity index (χ4v) is 2.30. The molecule has 0 bridgehead atoms. The van der Waals surface area contributed by atoms with Crippen molar-refractivity contribution in [2.45, 2.75) is 13.8 Å². The van der Waals surface area contributed by atoms with Gasteiger partial charge in [-0.15, -0.1) is 0 Å². The smallest absolute Gasteiger partial charge is 0.153 e. The van der Waals surface area contributed by atoms with Gasteiger partial charge in [0.2, 0.25) is 0 Å². The van der Waals surface area contributed by atoms with Crippen molar-refractivity contribution in [3.8, 4) is 22.4 Å². The molecule has 0 amide bonds. The van der Waals surface area contributed by atoms with Crippen molar-refractivity contribution >= 4 is 5.82 Å². The second kappa shape index (κ2) is 5.01. The molecule has 3 N–H and O–H groups in total. The summed E-state index contributed by atoms with van der Waals surface area (Å²) in [5.74, 6) is -0.00998. The maximum atomic E-state index is 13.4. The third-order valence-electron chi connectivity index (χ3n) is 3.58. The quantitative estimate of drug-likeness (QED) is 0.756. The molecule has 0 unspecified atom stereocenters. The van der Waals surface area contributed by atoms with Crippen molar-refractivity contribution in [1.82, 2.24) is 15.2 Å². The number of anilines is 1. The minimum absolute atomic E-state index is 0.387. The average molecular weight is 282 g/mol. The van der Waals surface area contributed by atoms with Gasteiger partial charge < -0.3 is 5.73 Å². The summed E-state index contributed by atoms with van der Waals surface area (Å²) in [6.45, 7) is 4.09. The number of nitrogens with one attached hydrogen (secondary N) is 1. The minimum Gasteiger partial charge on any atom is -0.382 e. The van der Waals surface area contributed by atoms with Crippen molar-refractivity contribution in [1.29, 1.82) is 0 Å². The molecule has 1 aromatic carbocycles. The van der Waals surface area contributed by atoms with Gasteiger partial charge >= 0.3 is 0 Å². The van der Waals surface area contributed by atoms with Crippen LogP contribution in [0.25, 0.3) is 22.4 Å². The maximum absolute atomic E-state index is 13.4. The lowest BCUT2D eigenvalue weighted by Gasteiger charge is -2.07. The molecular formula is C16H15FN4. The van der Waals surface area contributed by atoms with E-state index >= 15 is 0 Å². The predicted octanol–water partition coefficient (Wildman–Crippen LogP) is 3.48. The van der Waals surface area contributed by atoms with Crippen LogP contribution in [0.15, 0.2) is 36.7 Å². The number of hydrogen-bond donors (Lipinski definition) is 2. The number of halogens is 1. The molecule has 0 aliphatic carbocycles. The van der Waals surface area contributed by atoms with Crippen LogP contribution < -0.4 is 5.73 Å². The van der Waals surface area contributed by atoms with E-state index < -0.39 is 5.82 Å². The van der Waals surface area contributed by atoms with Crippen molar-refractivity contribution in [2.24, 2.45) is 0 Å². The molecule has 0 radical (unpaired) electrons. The Morgan fingerprint density at radius 1 is 1.05 bits per heavy atom. The van der Waals surface area contributed by atoms with Crippen LogP contribution in [0.3, 0.4) is 0 Å². The largest absolute Gasteiger partial charge is 0.382 e. The highest BCUT2D eigenvalue weighted by Gasteiger charge is 2.16. The van der Waals surface area contributed by atoms with Gasteiger partial charge in [0.25, 0.3) is 0 Å². The van der Waals surface area contributed by atoms with Crippen molar-refractivity contribution < 1.29 is 4.39 Å². The molecule has 3 rings (SSSR count). The van der Waals surface area contributed by atoms with Gasteiger partial charge in [-0.25, -0.2) is 4.39 Å². The molecule has 5 heteroatoms. The Labute approximate surface area is 121 Å². The minimum atomic E-state index is -0.397. The van der Waals surface area contributed by atoms with E-state index in [0.717, 1.165) is 16.7 Å². The van der Waals surface area contributed by atoms with Gasteiger partial charge in [0.1, 0.15) is 5.82 Å². The Morgan fingerprint density at radius 3 is 2.57 bits per heavy atom. The first-order valence-corrected chi connectivity index (χ1v) is 6.58. The number of hydrogen-bond acceptors (Lipinski definition) is 3. The number of nitrogen functional groups attached to an aromatic ring is 1. The molecule has 0 fully saturated rings. The highest BCUT2D eigenvalue weighted by atomic mass is 19.1. The Bertz CT molecular complexity index is 808. The molecule has 0 saturated carbocycles. The molecule has 106 valence electrons. The van der Waals surface area contributed by atoms with E-state index in [1.165, 1.54) is 17.8 Å². The average Bonchev–Trinajstić information content (AvgIpc) is 2.84. The molecule has 0 atom stereocenters. The van der Waals surface area contributed by atoms with Gasteiger partial charge in [-0.3, -0.25) is 10.1 Å². The third kappa shape index (κ3) is 2.38. The number of aromatic nitrogens is 3. The number of nitrogens with zero attached hydrogens (tertiary/aromatic N) is 2. The lowest BCUT2D eigenvalue weighted by molar-refractivity contribution is 0.622. The zero-order chi connectivity index (χ0) is 15.0. The van der Waals surface area contributed by atoms with Gasteiger partial charge in [-0.05, 0) is 36.6 Å². The summed E-state index contributed by atoms with van der Waals surface area (Å²) in [7, 11) is 0. The zero-order valence-corrected chi connectivity index (χ0v) is 11.8. The SMILES string of the molecule is Cc1ccc(-c2c(N)n[nH]c2-c2cncc(F)c2)cc1C. The monoisotopic (exact) mass is 282 g/mol. The molecule has 0 saturated heterocycles. The van der Waals surface area contributed by atoms with Crippen LogP contribution in [0, 0.1) is 19.7 Å². The molecule has 4 nitrogen and oxygen atoms in total. The summed E-state index contributed by atoms with van der Waals surface area (Å²) < 4.78 is 13.4. The molecule has 3 aromatic rings. The Balaban J connectivity index is 2.19. The molecule has 2 aromatic heterocycles. The molecule has 21 heavy (non-hydrogen) atoms. The summed E-state index contributed by atoms with van der Waals surface area (Å²) in [5.41, 5.74) is 11.4. The standard InChI is InChI=1S/C16H15FN4/c1-9-3-4-11(5-10(9)2)14-15(20-21-16(14)18)12-6-13(17)8-19-7-12/h3-8H,1-2H3,(H3,18,20,21). The van der Waals surface area contributed by atoms with E-state index in [2.05, 4.69) is 22.1 Å². The lowest BCUT2D eigenvalue weighted by atomic mass is 9.98. The van der Waals surface area contributed by atoms with E-state index in [4.69, 9.17) is 5.73 Å². The zero-order valence-electron chi connectivity index (χ0n) is 11.8. The van der Waals surface area contributed by atoms with Gasteiger partial charge in [0, 0.05) is 11.8 Å². The second-order valence-electron chi connectivity index (χ2n) is 5.05. The van der Waals surface area contributed by atoms with Crippen molar-refractivity contribution in [3.05, 3.63) is 53.6 Å². The van der Waals surface area contributed by atoms with Gasteiger partial charge in [-0.2, -0.15) is 5.10 Å². The normalized spacial score (nSPS) is 10.8. The number of H-pyrrole nitrogens is 1. The summed E-state index contributed by atoms with van der Waals surface area (Å²) in [5, 5.41) is 6.92. The molecule has 0 aliphatic heterocycles. The lowest BCUT2D eigenvalue weighted by Crippen LogP contribution is -1.91. The van der Waals surface area contributed by atoms with E-state index in [9.17, 15) is 4.39 Å². The highest BCUT2D eigenvalue weighted by Crippen LogP contribution is 2.35. The van der Waals surface area contributed by atoms with Gasteiger partial charge in [0.05, 0.1) is 17.5 Å². The van der Waals surface area contributed by atoms with Crippen LogP contribution in [0.5, 0.6) is 0 Å². The number of rotatable bonds is 2. The summed E-state index contributed by atoms with van der Waals surface area (Å²) >= 11 is 0. The number of nitrogens with two attached hydrogens (primary N) is 1. The first-order valence-electron chi connectivity index (χ1n) is 6.58. The first-order chi connectivity index (χ1) is 10.1. The molecule has 0 aliphatic rings. The van der Waals surface area contributed by atoms with Crippen LogP contribution in [-0.4, -0.2) is 15.2 Å². The van der Waals surface area contributed by atoms with E-state index in [0.29, 0.717) is 17.1 Å². The third-order valence-corrected chi connectivity index (χ3v) is 3.58. The first kappa shape index (κ1) is 13.3. The van der Waals surface area contributed by atoms with Crippen LogP contribution in [0.1, 0.15) is 11.1 Å². The molecule has 2 heterocycles. The summed E-state index contributed by atoms with van der Waals surface area (Å²) in [6.07, 6.45) is 2.75. The summed E-state index contributed by atoms with van der Waals surface area (Å²) in [4.78, 5) is 3.87. The summed E-state index contributed by atoms with van der Waals surface area (Å²) in [6, 6.07) is 7.47. The van der Waals surface area contributed by atoms with Crippen LogP contribution in [0.4, 0.5) is 10.2 Å². The van der Waals surface area contributed by atoms with Crippen LogP contribution in [0.2, 0.25) is 0 Å². The topological polar surface area (TPSA) is 67.6 Å². The maximum Gasteiger partial charge on any atom is 0.153 e. The predicted molar refractivity (Wildman–Crippen MR) is 81.1 cm³/mol. The number of aryl methyl sites for hydroxylation is 2. The Morgan fingerprint density at radius 2 is 1.86 bits per heavy atom. The fraction of sp³-hybridized carbons (Fsp3) is 0.125. The number of aromatic amines is 1. The number of benzene rings is 1. The highest BCUT2D eigenvalue weighted by molar-refractivity contribution is 5.87. The van der Waals surface area contributed by atoms with E-state index in [-0.39, 0.29) is 0 Å². The molecule has 0 spiro atoms. The molecular weight excluding hydrogens is 267 g/mol. The van der Waals surface area contributed by atoms with E-state index in [1.807, 2.05) is 25.1 Å². The van der Waals surface area contributed by atoms with Crippen LogP contribution in [-0.2, 0) is 0 Å². The Hall–Kier alpha value is -2.69. The Kier molecular flexibility index (Phi) is 3.17.